The van der Waals surface area contributed by atoms with Gasteiger partial charge in [-0.1, -0.05) is 30.6 Å². The van der Waals surface area contributed by atoms with Crippen molar-refractivity contribution in [3.8, 4) is 23.7 Å². The summed E-state index contributed by atoms with van der Waals surface area (Å²) in [6, 6.07) is 11.1. The van der Waals surface area contributed by atoms with Gasteiger partial charge in [0.05, 0.1) is 13.2 Å². The summed E-state index contributed by atoms with van der Waals surface area (Å²) in [7, 11) is 0. The maximum absolute atomic E-state index is 10.4. The van der Waals surface area contributed by atoms with E-state index in [0.717, 1.165) is 21.8 Å². The van der Waals surface area contributed by atoms with Crippen LogP contribution in [0.1, 0.15) is 18.1 Å². The van der Waals surface area contributed by atoms with Gasteiger partial charge in [0.25, 0.3) is 0 Å². The smallest absolute Gasteiger partial charge is 0.147 e. The van der Waals surface area contributed by atoms with Crippen molar-refractivity contribution < 1.29 is 55.4 Å². The summed E-state index contributed by atoms with van der Waals surface area (Å²) in [6.07, 6.45) is -13.4. The van der Waals surface area contributed by atoms with Gasteiger partial charge in [-0.2, -0.15) is 0 Å². The highest BCUT2D eigenvalue weighted by molar-refractivity contribution is 6.09. The number of hydrogen-bond donors (Lipinski definition) is 9. The first-order valence-corrected chi connectivity index (χ1v) is 14.4. The fraction of sp³-hybridized carbons (Fsp3) is 0.500. The van der Waals surface area contributed by atoms with Crippen LogP contribution in [-0.4, -0.2) is 131 Å². The molecule has 2 aliphatic heterocycles. The maximum Gasteiger partial charge on any atom is 0.147 e. The minimum atomic E-state index is -1.53. The molecule has 12 heteroatoms. The molecule has 3 aromatic rings. The van der Waals surface area contributed by atoms with Gasteiger partial charge in [-0.3, -0.25) is 0 Å². The van der Waals surface area contributed by atoms with E-state index >= 15 is 0 Å². The third-order valence-corrected chi connectivity index (χ3v) is 8.17. The molecule has 0 bridgehead atoms. The van der Waals surface area contributed by atoms with Crippen molar-refractivity contribution in [3.05, 3.63) is 47.5 Å². The molecule has 0 spiro atoms. The van der Waals surface area contributed by atoms with Gasteiger partial charge < -0.3 is 60.0 Å². The third kappa shape index (κ3) is 6.21. The molecule has 2 fully saturated rings. The molecule has 12 nitrogen and oxygen atoms in total. The number of hydrogen-bond acceptors (Lipinski definition) is 11. The third-order valence-electron chi connectivity index (χ3n) is 8.17. The number of nitrogens with zero attached hydrogens (tertiary/aromatic N) is 1. The lowest BCUT2D eigenvalue weighted by molar-refractivity contribution is -0.214. The average molecular weight is 612 g/mol. The van der Waals surface area contributed by atoms with E-state index in [1.807, 2.05) is 31.2 Å². The second kappa shape index (κ2) is 13.5. The molecule has 44 heavy (non-hydrogen) atoms. The van der Waals surface area contributed by atoms with Crippen molar-refractivity contribution in [2.75, 3.05) is 19.8 Å². The molecule has 11 atom stereocenters. The number of aliphatic hydroxyl groups excluding tert-OH is 9. The Balaban J connectivity index is 1.52. The molecule has 1 unspecified atom stereocenters. The standard InChI is InChI=1S/C32H37NO11/c1-16(13-34)12-33-21-6-2-17(4-8-23-27(37)31(41)29(39)25(14-35)43-23)10-19(21)20-11-18(3-7-22(20)33)5-9-24-28(38)32(42)30(40)26(15-36)44-24/h2-3,6-7,10-11,16,23-32,34-42H,12-15H2,1H3/t16?,23-,24-,25-,26-,27-,28-,29-,30-,31-,32-/m1/s1. The van der Waals surface area contributed by atoms with E-state index in [4.69, 9.17) is 9.47 Å². The molecule has 0 saturated carbocycles. The molecule has 2 saturated heterocycles. The number of rotatable bonds is 5. The summed E-state index contributed by atoms with van der Waals surface area (Å²) >= 11 is 0. The van der Waals surface area contributed by atoms with E-state index < -0.39 is 74.3 Å². The van der Waals surface area contributed by atoms with E-state index in [1.54, 1.807) is 12.1 Å². The van der Waals surface area contributed by atoms with Crippen LogP contribution in [0, 0.1) is 29.6 Å². The molecular formula is C32H37NO11. The zero-order valence-electron chi connectivity index (χ0n) is 23.9. The predicted octanol–water partition coefficient (Wildman–Crippen LogP) is -2.19. The van der Waals surface area contributed by atoms with Crippen LogP contribution in [0.5, 0.6) is 0 Å². The Morgan fingerprint density at radius 2 is 1.09 bits per heavy atom. The Morgan fingerprint density at radius 1 is 0.659 bits per heavy atom. The van der Waals surface area contributed by atoms with Crippen molar-refractivity contribution in [1.82, 2.24) is 4.57 Å². The molecule has 2 aromatic carbocycles. The molecule has 2 aliphatic rings. The fourth-order valence-corrected chi connectivity index (χ4v) is 5.58. The van der Waals surface area contributed by atoms with Crippen molar-refractivity contribution in [3.63, 3.8) is 0 Å². The number of aliphatic hydroxyl groups is 9. The van der Waals surface area contributed by atoms with Crippen LogP contribution in [0.2, 0.25) is 0 Å². The van der Waals surface area contributed by atoms with Gasteiger partial charge in [-0.15, -0.1) is 0 Å². The van der Waals surface area contributed by atoms with Gasteiger partial charge in [0.2, 0.25) is 0 Å². The highest BCUT2D eigenvalue weighted by atomic mass is 16.5. The monoisotopic (exact) mass is 611 g/mol. The number of ether oxygens (including phenoxy) is 2. The van der Waals surface area contributed by atoms with E-state index in [2.05, 4.69) is 28.2 Å². The lowest BCUT2D eigenvalue weighted by Gasteiger charge is -2.37. The largest absolute Gasteiger partial charge is 0.396 e. The second-order valence-corrected chi connectivity index (χ2v) is 11.4. The number of benzene rings is 2. The zero-order valence-corrected chi connectivity index (χ0v) is 23.9. The van der Waals surface area contributed by atoms with Gasteiger partial charge in [0, 0.05) is 46.1 Å². The zero-order chi connectivity index (χ0) is 31.7. The van der Waals surface area contributed by atoms with Crippen molar-refractivity contribution in [2.45, 2.75) is 74.5 Å². The normalized spacial score (nSPS) is 33.0. The highest BCUT2D eigenvalue weighted by Gasteiger charge is 2.43. The van der Waals surface area contributed by atoms with Gasteiger partial charge in [-0.05, 0) is 42.3 Å². The Labute approximate surface area is 253 Å². The first kappa shape index (κ1) is 32.3. The van der Waals surface area contributed by atoms with Gasteiger partial charge >= 0.3 is 0 Å². The van der Waals surface area contributed by atoms with Crippen LogP contribution in [0.3, 0.4) is 0 Å². The lowest BCUT2D eigenvalue weighted by Crippen LogP contribution is -2.58. The Bertz CT molecular complexity index is 1480. The molecule has 1 aromatic heterocycles. The van der Waals surface area contributed by atoms with E-state index in [-0.39, 0.29) is 12.5 Å². The Morgan fingerprint density at radius 3 is 1.48 bits per heavy atom. The second-order valence-electron chi connectivity index (χ2n) is 11.4. The summed E-state index contributed by atoms with van der Waals surface area (Å²) in [5, 5.41) is 91.2. The summed E-state index contributed by atoms with van der Waals surface area (Å²) in [4.78, 5) is 0. The van der Waals surface area contributed by atoms with Crippen molar-refractivity contribution in [2.24, 2.45) is 5.92 Å². The maximum atomic E-state index is 10.4. The first-order valence-electron chi connectivity index (χ1n) is 14.4. The average Bonchev–Trinajstić information content (AvgIpc) is 3.33. The topological polar surface area (TPSA) is 205 Å². The quantitative estimate of drug-likeness (QED) is 0.142. The van der Waals surface area contributed by atoms with Crippen molar-refractivity contribution >= 4 is 21.8 Å². The van der Waals surface area contributed by atoms with E-state index in [1.165, 1.54) is 0 Å². The van der Waals surface area contributed by atoms with Gasteiger partial charge in [-0.25, -0.2) is 0 Å². The minimum Gasteiger partial charge on any atom is -0.396 e. The van der Waals surface area contributed by atoms with Crippen LogP contribution >= 0.6 is 0 Å². The van der Waals surface area contributed by atoms with Crippen LogP contribution in [-0.2, 0) is 16.0 Å². The summed E-state index contributed by atoms with van der Waals surface area (Å²) in [5.74, 6) is 11.4. The molecule has 236 valence electrons. The molecule has 0 amide bonds. The Kier molecular flexibility index (Phi) is 9.92. The molecule has 9 N–H and O–H groups in total. The summed E-state index contributed by atoms with van der Waals surface area (Å²) in [6.45, 7) is 1.35. The molecule has 3 heterocycles. The van der Waals surface area contributed by atoms with Gasteiger partial charge in [0.15, 0.2) is 0 Å². The SMILES string of the molecule is CC(CO)Cn1c2ccc(C#C[C@H]3O[C@H](CO)[C@@H](O)[C@H](O)[C@@H]3O)cc2c2cc(C#C[C@H]3O[C@H](CO)[C@@H](O)[C@H](O)[C@@H]3O)ccc21. The van der Waals surface area contributed by atoms with Crippen molar-refractivity contribution in [1.29, 1.82) is 0 Å². The molecular weight excluding hydrogens is 574 g/mol. The van der Waals surface area contributed by atoms with Gasteiger partial charge in [0.1, 0.15) is 61.0 Å². The fourth-order valence-electron chi connectivity index (χ4n) is 5.58. The molecule has 5 rings (SSSR count). The summed E-state index contributed by atoms with van der Waals surface area (Å²) in [5.41, 5.74) is 2.89. The minimum absolute atomic E-state index is 0.00746. The van der Waals surface area contributed by atoms with E-state index in [9.17, 15) is 46.0 Å². The van der Waals surface area contributed by atoms with Crippen LogP contribution in [0.4, 0.5) is 0 Å². The summed E-state index contributed by atoms with van der Waals surface area (Å²) < 4.78 is 13.1. The first-order chi connectivity index (χ1) is 21.1. The lowest BCUT2D eigenvalue weighted by atomic mass is 9.95. The van der Waals surface area contributed by atoms with Crippen LogP contribution < -0.4 is 0 Å². The Hall–Kier alpha value is -3.08. The van der Waals surface area contributed by atoms with E-state index in [0.29, 0.717) is 17.7 Å². The number of aromatic nitrogens is 1. The molecule has 0 aliphatic carbocycles. The van der Waals surface area contributed by atoms with Crippen LogP contribution in [0.25, 0.3) is 21.8 Å². The molecule has 0 radical (unpaired) electrons. The predicted molar refractivity (Wildman–Crippen MR) is 157 cm³/mol. The highest BCUT2D eigenvalue weighted by Crippen LogP contribution is 2.32. The van der Waals surface area contributed by atoms with Crippen LogP contribution in [0.15, 0.2) is 36.4 Å². The number of fused-ring (bicyclic) bond motifs is 3.